The molecule has 0 fully saturated rings. The van der Waals surface area contributed by atoms with E-state index in [9.17, 15) is 0 Å². The van der Waals surface area contributed by atoms with Gasteiger partial charge in [0.1, 0.15) is 5.75 Å². The van der Waals surface area contributed by atoms with Crippen LogP contribution in [0.3, 0.4) is 0 Å². The van der Waals surface area contributed by atoms with Crippen LogP contribution in [-0.4, -0.2) is 7.11 Å². The maximum absolute atomic E-state index is 6.13. The maximum Gasteiger partial charge on any atom is 0.119 e. The van der Waals surface area contributed by atoms with Crippen LogP contribution in [0.1, 0.15) is 31.9 Å². The number of halogens is 1. The smallest absolute Gasteiger partial charge is 0.119 e. The summed E-state index contributed by atoms with van der Waals surface area (Å²) in [4.78, 5) is 0. The van der Waals surface area contributed by atoms with E-state index in [1.807, 2.05) is 18.2 Å². The Bertz CT molecular complexity index is 325. The third-order valence-corrected chi connectivity index (χ3v) is 3.05. The minimum Gasteiger partial charge on any atom is -0.497 e. The Hall–Kier alpha value is -0.540. The normalized spacial score (nSPS) is 12.9. The summed E-state index contributed by atoms with van der Waals surface area (Å²) in [7, 11) is 1.67. The van der Waals surface area contributed by atoms with Crippen molar-refractivity contribution in [3.8, 4) is 5.75 Å². The first-order chi connectivity index (χ1) is 7.04. The van der Waals surface area contributed by atoms with Gasteiger partial charge in [0.2, 0.25) is 0 Å². The molecule has 0 aromatic heterocycles. The van der Waals surface area contributed by atoms with Gasteiger partial charge >= 0.3 is 0 Å². The summed E-state index contributed by atoms with van der Waals surface area (Å²) in [5.41, 5.74) is 7.25. The summed E-state index contributed by atoms with van der Waals surface area (Å²) in [6.45, 7) is 4.35. The van der Waals surface area contributed by atoms with E-state index in [1.54, 1.807) is 7.11 Å². The molecule has 0 unspecified atom stereocenters. The topological polar surface area (TPSA) is 35.2 Å². The van der Waals surface area contributed by atoms with Crippen LogP contribution < -0.4 is 10.5 Å². The van der Waals surface area contributed by atoms with Gasteiger partial charge in [0.05, 0.1) is 7.11 Å². The number of nitrogens with two attached hydrogens (primary N) is 1. The van der Waals surface area contributed by atoms with Crippen LogP contribution in [0.15, 0.2) is 22.7 Å². The summed E-state index contributed by atoms with van der Waals surface area (Å²) in [6, 6.07) is 5.97. The summed E-state index contributed by atoms with van der Waals surface area (Å²) in [5.74, 6) is 1.45. The molecule has 1 aromatic rings. The third kappa shape index (κ3) is 3.50. The summed E-state index contributed by atoms with van der Waals surface area (Å²) >= 11 is 3.51. The van der Waals surface area contributed by atoms with Crippen molar-refractivity contribution in [3.63, 3.8) is 0 Å². The van der Waals surface area contributed by atoms with Gasteiger partial charge in [-0.2, -0.15) is 0 Å². The second-order valence-corrected chi connectivity index (χ2v) is 4.98. The average Bonchev–Trinajstić information content (AvgIpc) is 2.17. The van der Waals surface area contributed by atoms with Gasteiger partial charge in [-0.05, 0) is 36.1 Å². The van der Waals surface area contributed by atoms with Gasteiger partial charge < -0.3 is 10.5 Å². The zero-order valence-electron chi connectivity index (χ0n) is 9.46. The molecule has 0 saturated carbocycles. The summed E-state index contributed by atoms with van der Waals surface area (Å²) in [6.07, 6.45) is 0.978. The van der Waals surface area contributed by atoms with Crippen molar-refractivity contribution in [3.05, 3.63) is 28.2 Å². The fourth-order valence-electron chi connectivity index (χ4n) is 1.57. The Labute approximate surface area is 99.9 Å². The molecule has 0 spiro atoms. The van der Waals surface area contributed by atoms with Crippen LogP contribution in [0.5, 0.6) is 5.75 Å². The quantitative estimate of drug-likeness (QED) is 0.910. The van der Waals surface area contributed by atoms with Crippen LogP contribution in [0.2, 0.25) is 0 Å². The number of ether oxygens (including phenoxy) is 1. The van der Waals surface area contributed by atoms with Gasteiger partial charge in [0.15, 0.2) is 0 Å². The minimum absolute atomic E-state index is 0.0643. The molecule has 1 rings (SSSR count). The second-order valence-electron chi connectivity index (χ2n) is 4.12. The number of hydrogen-bond donors (Lipinski definition) is 1. The molecule has 15 heavy (non-hydrogen) atoms. The molecule has 1 atom stereocenters. The average molecular weight is 272 g/mol. The Morgan fingerprint density at radius 3 is 2.60 bits per heavy atom. The fraction of sp³-hybridized carbons (Fsp3) is 0.500. The van der Waals surface area contributed by atoms with E-state index >= 15 is 0 Å². The van der Waals surface area contributed by atoms with Gasteiger partial charge in [0.25, 0.3) is 0 Å². The predicted molar refractivity (Wildman–Crippen MR) is 67.1 cm³/mol. The molecule has 84 valence electrons. The van der Waals surface area contributed by atoms with Gasteiger partial charge in [-0.25, -0.2) is 0 Å². The summed E-state index contributed by atoms with van der Waals surface area (Å²) < 4.78 is 6.24. The van der Waals surface area contributed by atoms with Crippen molar-refractivity contribution in [2.24, 2.45) is 11.7 Å². The van der Waals surface area contributed by atoms with Crippen molar-refractivity contribution in [1.29, 1.82) is 0 Å². The van der Waals surface area contributed by atoms with E-state index in [1.165, 1.54) is 0 Å². The minimum atomic E-state index is 0.0643. The van der Waals surface area contributed by atoms with Crippen molar-refractivity contribution in [2.45, 2.75) is 26.3 Å². The van der Waals surface area contributed by atoms with Gasteiger partial charge in [-0.3, -0.25) is 0 Å². The maximum atomic E-state index is 6.13. The standard InChI is InChI=1S/C12H18BrNO/c1-8(2)6-12(14)10-7-9(15-3)4-5-11(10)13/h4-5,7-8,12H,6,14H2,1-3H3/t12-/m1/s1. The first-order valence-corrected chi connectivity index (χ1v) is 5.93. The van der Waals surface area contributed by atoms with E-state index < -0.39 is 0 Å². The molecule has 0 heterocycles. The molecule has 0 radical (unpaired) electrons. The van der Waals surface area contributed by atoms with Crippen molar-refractivity contribution in [2.75, 3.05) is 7.11 Å². The Morgan fingerprint density at radius 2 is 2.07 bits per heavy atom. The lowest BCUT2D eigenvalue weighted by Gasteiger charge is -2.16. The van der Waals surface area contributed by atoms with E-state index in [0.29, 0.717) is 5.92 Å². The van der Waals surface area contributed by atoms with Crippen molar-refractivity contribution < 1.29 is 4.74 Å². The molecular weight excluding hydrogens is 254 g/mol. The number of hydrogen-bond acceptors (Lipinski definition) is 2. The van der Waals surface area contributed by atoms with Crippen LogP contribution in [-0.2, 0) is 0 Å². The Balaban J connectivity index is 2.91. The van der Waals surface area contributed by atoms with Crippen LogP contribution in [0.25, 0.3) is 0 Å². The SMILES string of the molecule is COc1ccc(Br)c([C@H](N)CC(C)C)c1. The molecule has 0 aliphatic carbocycles. The van der Waals surface area contributed by atoms with E-state index in [-0.39, 0.29) is 6.04 Å². The molecule has 0 aliphatic rings. The highest BCUT2D eigenvalue weighted by atomic mass is 79.9. The highest BCUT2D eigenvalue weighted by Gasteiger charge is 2.12. The number of methoxy groups -OCH3 is 1. The molecule has 0 aliphatic heterocycles. The van der Waals surface area contributed by atoms with Gasteiger partial charge in [0, 0.05) is 10.5 Å². The second kappa shape index (κ2) is 5.52. The lowest BCUT2D eigenvalue weighted by Crippen LogP contribution is -2.13. The Morgan fingerprint density at radius 1 is 1.40 bits per heavy atom. The summed E-state index contributed by atoms with van der Waals surface area (Å²) in [5, 5.41) is 0. The largest absolute Gasteiger partial charge is 0.497 e. The number of rotatable bonds is 4. The lowest BCUT2D eigenvalue weighted by atomic mass is 9.98. The molecule has 3 heteroatoms. The molecule has 0 amide bonds. The van der Waals surface area contributed by atoms with Crippen molar-refractivity contribution >= 4 is 15.9 Å². The monoisotopic (exact) mass is 271 g/mol. The highest BCUT2D eigenvalue weighted by Crippen LogP contribution is 2.29. The van der Waals surface area contributed by atoms with E-state index in [2.05, 4.69) is 29.8 Å². The molecular formula is C12H18BrNO. The first kappa shape index (κ1) is 12.5. The predicted octanol–water partition coefficient (Wildman–Crippen LogP) is 3.50. The molecule has 0 bridgehead atoms. The Kier molecular flexibility index (Phi) is 4.61. The van der Waals surface area contributed by atoms with E-state index in [0.717, 1.165) is 22.2 Å². The zero-order valence-corrected chi connectivity index (χ0v) is 11.0. The highest BCUT2D eigenvalue weighted by molar-refractivity contribution is 9.10. The van der Waals surface area contributed by atoms with E-state index in [4.69, 9.17) is 10.5 Å². The first-order valence-electron chi connectivity index (χ1n) is 5.13. The fourth-order valence-corrected chi connectivity index (χ4v) is 2.11. The number of benzene rings is 1. The van der Waals surface area contributed by atoms with Crippen LogP contribution >= 0.6 is 15.9 Å². The van der Waals surface area contributed by atoms with Crippen LogP contribution in [0, 0.1) is 5.92 Å². The molecule has 2 nitrogen and oxygen atoms in total. The molecule has 0 saturated heterocycles. The van der Waals surface area contributed by atoms with Gasteiger partial charge in [-0.1, -0.05) is 29.8 Å². The molecule has 1 aromatic carbocycles. The zero-order chi connectivity index (χ0) is 11.4. The lowest BCUT2D eigenvalue weighted by molar-refractivity contribution is 0.412. The van der Waals surface area contributed by atoms with Crippen molar-refractivity contribution in [1.82, 2.24) is 0 Å². The molecule has 2 N–H and O–H groups in total. The third-order valence-electron chi connectivity index (χ3n) is 2.33. The van der Waals surface area contributed by atoms with Gasteiger partial charge in [-0.15, -0.1) is 0 Å². The van der Waals surface area contributed by atoms with Crippen LogP contribution in [0.4, 0.5) is 0 Å².